The Labute approximate surface area is 177 Å². The van der Waals surface area contributed by atoms with Crippen molar-refractivity contribution >= 4 is 0 Å². The summed E-state index contributed by atoms with van der Waals surface area (Å²) in [7, 11) is 0. The van der Waals surface area contributed by atoms with Crippen LogP contribution in [0.3, 0.4) is 0 Å². The quantitative estimate of drug-likeness (QED) is 0.591. The summed E-state index contributed by atoms with van der Waals surface area (Å²) in [5.41, 5.74) is 3.04. The summed E-state index contributed by atoms with van der Waals surface area (Å²) < 4.78 is 0. The largest absolute Gasteiger partial charge is 0.303 e. The molecule has 4 rings (SSSR count). The maximum atomic E-state index is 2.77. The Morgan fingerprint density at radius 1 is 0.828 bits per heavy atom. The van der Waals surface area contributed by atoms with E-state index in [0.717, 1.165) is 11.8 Å². The standard InChI is InChI=1S/C27H38N2/c1-2-28-20-26(27(22-28)25-14-7-4-8-15-25)21-29-18-16-24(17-19-29)13-9-12-23-10-5-3-6-11-23/h3-8,10-11,14-15,24,26-27H,2,9,12-13,16-22H2,1H3/t26-,27-/m1/s1. The van der Waals surface area contributed by atoms with Gasteiger partial charge in [-0.2, -0.15) is 0 Å². The number of hydrogen-bond acceptors (Lipinski definition) is 2. The van der Waals surface area contributed by atoms with E-state index in [0.29, 0.717) is 5.92 Å². The molecule has 2 atom stereocenters. The monoisotopic (exact) mass is 390 g/mol. The summed E-state index contributed by atoms with van der Waals surface area (Å²) in [5, 5.41) is 0. The van der Waals surface area contributed by atoms with Gasteiger partial charge in [0.25, 0.3) is 0 Å². The second-order valence-corrected chi connectivity index (χ2v) is 9.25. The first kappa shape index (κ1) is 20.6. The van der Waals surface area contributed by atoms with E-state index in [1.165, 1.54) is 76.9 Å². The predicted octanol–water partition coefficient (Wildman–Crippen LogP) is 5.46. The van der Waals surface area contributed by atoms with Crippen LogP contribution in [0.4, 0.5) is 0 Å². The summed E-state index contributed by atoms with van der Waals surface area (Å²) >= 11 is 0. The van der Waals surface area contributed by atoms with Gasteiger partial charge in [-0.15, -0.1) is 0 Å². The fourth-order valence-corrected chi connectivity index (χ4v) is 5.51. The van der Waals surface area contributed by atoms with Gasteiger partial charge in [-0.1, -0.05) is 74.0 Å². The summed E-state index contributed by atoms with van der Waals surface area (Å²) in [6.45, 7) is 9.90. The molecule has 2 fully saturated rings. The average molecular weight is 391 g/mol. The number of likely N-dealkylation sites (tertiary alicyclic amines) is 2. The summed E-state index contributed by atoms with van der Waals surface area (Å²) in [5.74, 6) is 2.43. The van der Waals surface area contributed by atoms with Crippen LogP contribution in [-0.2, 0) is 6.42 Å². The maximum Gasteiger partial charge on any atom is 0.00539 e. The number of hydrogen-bond donors (Lipinski definition) is 0. The SMILES string of the molecule is CCN1C[C@H](CN2CCC(CCCc3ccccc3)CC2)[C@@H](c2ccccc2)C1. The van der Waals surface area contributed by atoms with Crippen molar-refractivity contribution in [2.45, 2.75) is 44.9 Å². The molecular weight excluding hydrogens is 352 g/mol. The van der Waals surface area contributed by atoms with Gasteiger partial charge in [0.1, 0.15) is 0 Å². The van der Waals surface area contributed by atoms with Crippen LogP contribution in [0.2, 0.25) is 0 Å². The molecule has 0 unspecified atom stereocenters. The lowest BCUT2D eigenvalue weighted by Crippen LogP contribution is -2.38. The van der Waals surface area contributed by atoms with Crippen molar-refractivity contribution in [1.82, 2.24) is 9.80 Å². The molecule has 2 aliphatic heterocycles. The number of piperidine rings is 1. The third-order valence-electron chi connectivity index (χ3n) is 7.31. The van der Waals surface area contributed by atoms with Crippen LogP contribution in [0.1, 0.15) is 49.7 Å². The summed E-state index contributed by atoms with van der Waals surface area (Å²) in [4.78, 5) is 5.42. The molecule has 0 saturated carbocycles. The molecule has 2 aromatic rings. The van der Waals surface area contributed by atoms with Crippen molar-refractivity contribution in [1.29, 1.82) is 0 Å². The Morgan fingerprint density at radius 2 is 1.52 bits per heavy atom. The second-order valence-electron chi connectivity index (χ2n) is 9.25. The fraction of sp³-hybridized carbons (Fsp3) is 0.556. The third-order valence-corrected chi connectivity index (χ3v) is 7.31. The number of aryl methyl sites for hydroxylation is 1. The van der Waals surface area contributed by atoms with Crippen molar-refractivity contribution in [2.24, 2.45) is 11.8 Å². The first-order valence-corrected chi connectivity index (χ1v) is 11.9. The van der Waals surface area contributed by atoms with Gasteiger partial charge in [-0.3, -0.25) is 0 Å². The molecule has 29 heavy (non-hydrogen) atoms. The van der Waals surface area contributed by atoms with Crippen molar-refractivity contribution < 1.29 is 0 Å². The van der Waals surface area contributed by atoms with E-state index in [4.69, 9.17) is 0 Å². The minimum atomic E-state index is 0.708. The Balaban J connectivity index is 1.23. The molecule has 2 nitrogen and oxygen atoms in total. The van der Waals surface area contributed by atoms with Crippen LogP contribution in [-0.4, -0.2) is 49.1 Å². The molecule has 2 heterocycles. The number of benzene rings is 2. The zero-order valence-electron chi connectivity index (χ0n) is 18.2. The minimum absolute atomic E-state index is 0.708. The molecule has 2 aliphatic rings. The molecule has 2 saturated heterocycles. The van der Waals surface area contributed by atoms with Crippen LogP contribution in [0.5, 0.6) is 0 Å². The zero-order chi connectivity index (χ0) is 19.9. The highest BCUT2D eigenvalue weighted by molar-refractivity contribution is 5.22. The van der Waals surface area contributed by atoms with E-state index in [2.05, 4.69) is 77.4 Å². The Bertz CT molecular complexity index is 706. The van der Waals surface area contributed by atoms with Gasteiger partial charge in [0.05, 0.1) is 0 Å². The molecule has 0 N–H and O–H groups in total. The highest BCUT2D eigenvalue weighted by Crippen LogP contribution is 2.34. The van der Waals surface area contributed by atoms with Gasteiger partial charge in [-0.25, -0.2) is 0 Å². The average Bonchev–Trinajstić information content (AvgIpc) is 3.19. The summed E-state index contributed by atoms with van der Waals surface area (Å²) in [6.07, 6.45) is 6.79. The predicted molar refractivity (Wildman–Crippen MR) is 123 cm³/mol. The zero-order valence-corrected chi connectivity index (χ0v) is 18.2. The van der Waals surface area contributed by atoms with E-state index in [9.17, 15) is 0 Å². The van der Waals surface area contributed by atoms with Crippen LogP contribution in [0.25, 0.3) is 0 Å². The minimum Gasteiger partial charge on any atom is -0.303 e. The van der Waals surface area contributed by atoms with Crippen molar-refractivity contribution in [2.75, 3.05) is 39.3 Å². The molecule has 2 heteroatoms. The van der Waals surface area contributed by atoms with E-state index in [-0.39, 0.29) is 0 Å². The van der Waals surface area contributed by atoms with E-state index in [1.807, 2.05) is 0 Å². The maximum absolute atomic E-state index is 2.77. The number of likely N-dealkylation sites (N-methyl/N-ethyl adjacent to an activating group) is 1. The topological polar surface area (TPSA) is 6.48 Å². The molecule has 0 bridgehead atoms. The van der Waals surface area contributed by atoms with Crippen LogP contribution in [0, 0.1) is 11.8 Å². The molecule has 2 aromatic carbocycles. The highest BCUT2D eigenvalue weighted by Gasteiger charge is 2.34. The van der Waals surface area contributed by atoms with Crippen LogP contribution >= 0.6 is 0 Å². The van der Waals surface area contributed by atoms with Crippen LogP contribution < -0.4 is 0 Å². The number of rotatable bonds is 8. The van der Waals surface area contributed by atoms with Gasteiger partial charge < -0.3 is 9.80 Å². The normalized spacial score (nSPS) is 24.2. The smallest absolute Gasteiger partial charge is 0.00539 e. The van der Waals surface area contributed by atoms with Gasteiger partial charge in [0.15, 0.2) is 0 Å². The lowest BCUT2D eigenvalue weighted by Gasteiger charge is -2.34. The van der Waals surface area contributed by atoms with Crippen molar-refractivity contribution in [3.63, 3.8) is 0 Å². The summed E-state index contributed by atoms with van der Waals surface area (Å²) in [6, 6.07) is 22.2. The Kier molecular flexibility index (Phi) is 7.40. The molecular formula is C27H38N2. The van der Waals surface area contributed by atoms with E-state index < -0.39 is 0 Å². The lowest BCUT2D eigenvalue weighted by atomic mass is 9.87. The molecule has 0 aliphatic carbocycles. The molecule has 0 radical (unpaired) electrons. The first-order valence-electron chi connectivity index (χ1n) is 11.9. The lowest BCUT2D eigenvalue weighted by molar-refractivity contribution is 0.152. The fourth-order valence-electron chi connectivity index (χ4n) is 5.51. The third kappa shape index (κ3) is 5.71. The van der Waals surface area contributed by atoms with Gasteiger partial charge >= 0.3 is 0 Å². The van der Waals surface area contributed by atoms with Gasteiger partial charge in [-0.05, 0) is 68.3 Å². The van der Waals surface area contributed by atoms with Crippen molar-refractivity contribution in [3.05, 3.63) is 71.8 Å². The molecule has 0 spiro atoms. The Hall–Kier alpha value is -1.64. The molecule has 0 aromatic heterocycles. The number of nitrogens with zero attached hydrogens (tertiary/aromatic N) is 2. The van der Waals surface area contributed by atoms with E-state index in [1.54, 1.807) is 5.56 Å². The second kappa shape index (κ2) is 10.4. The highest BCUT2D eigenvalue weighted by atomic mass is 15.2. The molecule has 0 amide bonds. The van der Waals surface area contributed by atoms with E-state index >= 15 is 0 Å². The first-order chi connectivity index (χ1) is 14.3. The van der Waals surface area contributed by atoms with Gasteiger partial charge in [0, 0.05) is 25.6 Å². The van der Waals surface area contributed by atoms with Crippen molar-refractivity contribution in [3.8, 4) is 0 Å². The molecule has 156 valence electrons. The Morgan fingerprint density at radius 3 is 2.21 bits per heavy atom. The van der Waals surface area contributed by atoms with Gasteiger partial charge in [0.2, 0.25) is 0 Å². The van der Waals surface area contributed by atoms with Crippen LogP contribution in [0.15, 0.2) is 60.7 Å².